The molecule has 148 valence electrons. The molecule has 1 fully saturated rings. The van der Waals surface area contributed by atoms with Gasteiger partial charge in [-0.2, -0.15) is 0 Å². The molecule has 0 bridgehead atoms. The van der Waals surface area contributed by atoms with E-state index in [1.54, 1.807) is 18.6 Å². The lowest BCUT2D eigenvalue weighted by Crippen LogP contribution is -2.49. The van der Waals surface area contributed by atoms with Gasteiger partial charge in [0.1, 0.15) is 5.75 Å². The molecule has 3 aromatic rings. The highest BCUT2D eigenvalue weighted by molar-refractivity contribution is 7.91. The van der Waals surface area contributed by atoms with Crippen molar-refractivity contribution >= 4 is 22.8 Å². The number of benzene rings is 1. The van der Waals surface area contributed by atoms with E-state index < -0.39 is 11.2 Å². The van der Waals surface area contributed by atoms with E-state index in [0.29, 0.717) is 24.1 Å². The summed E-state index contributed by atoms with van der Waals surface area (Å²) in [4.78, 5) is 16.3. The third kappa shape index (κ3) is 3.18. The van der Waals surface area contributed by atoms with Gasteiger partial charge in [0.05, 0.1) is 36.6 Å². The Morgan fingerprint density at radius 2 is 1.97 bits per heavy atom. The molecule has 4 heterocycles. The van der Waals surface area contributed by atoms with Crippen LogP contribution in [-0.2, 0) is 21.3 Å². The smallest absolute Gasteiger partial charge is 0.229 e. The van der Waals surface area contributed by atoms with Crippen molar-refractivity contribution in [2.24, 2.45) is 0 Å². The standard InChI is InChI=1S/C21H20N4O3S/c26-7-8-29(27)16-4-5-17-19(9-16)25(12-21(17)13-28-14-21)20-23-10-15(11-24-20)18-3-1-2-6-22-18/h1-6,9-11,26H,7-8,12-14H2/t29-/m0/s1. The zero-order valence-corrected chi connectivity index (χ0v) is 16.5. The molecule has 29 heavy (non-hydrogen) atoms. The number of fused-ring (bicyclic) bond motifs is 2. The lowest BCUT2D eigenvalue weighted by Gasteiger charge is -2.38. The Kier molecular flexibility index (Phi) is 4.71. The van der Waals surface area contributed by atoms with Gasteiger partial charge in [-0.3, -0.25) is 4.98 Å². The number of rotatable bonds is 5. The van der Waals surface area contributed by atoms with Crippen molar-refractivity contribution in [3.63, 3.8) is 0 Å². The van der Waals surface area contributed by atoms with Crippen LogP contribution in [0.2, 0.25) is 0 Å². The Bertz CT molecular complexity index is 1010. The molecule has 2 aliphatic heterocycles. The molecule has 0 aliphatic carbocycles. The number of aliphatic hydroxyl groups excluding tert-OH is 1. The summed E-state index contributed by atoms with van der Waals surface area (Å²) in [7, 11) is 0. The normalized spacial score (nSPS) is 17.8. The number of nitrogens with zero attached hydrogens (tertiary/aromatic N) is 4. The van der Waals surface area contributed by atoms with Crippen molar-refractivity contribution in [1.29, 1.82) is 0 Å². The van der Waals surface area contributed by atoms with Gasteiger partial charge in [-0.15, -0.1) is 0 Å². The number of hydrogen-bond donors (Lipinski definition) is 1. The van der Waals surface area contributed by atoms with Crippen LogP contribution >= 0.6 is 0 Å². The number of anilines is 2. The van der Waals surface area contributed by atoms with Gasteiger partial charge in [0.25, 0.3) is 0 Å². The van der Waals surface area contributed by atoms with Crippen LogP contribution in [0.5, 0.6) is 0 Å². The number of aliphatic hydroxyl groups is 1. The molecule has 2 aromatic heterocycles. The Hall–Kier alpha value is -2.52. The SMILES string of the molecule is [O-][S@@+](CCO)c1ccc2c(c1)N(c1ncc(-c3ccccn3)cn1)CC21COC1. The van der Waals surface area contributed by atoms with Gasteiger partial charge in [-0.25, -0.2) is 9.97 Å². The minimum absolute atomic E-state index is 0.0741. The van der Waals surface area contributed by atoms with Crippen molar-refractivity contribution < 1.29 is 14.4 Å². The molecular formula is C21H20N4O3S. The van der Waals surface area contributed by atoms with E-state index in [2.05, 4.69) is 19.9 Å². The maximum atomic E-state index is 12.4. The predicted octanol–water partition coefficient (Wildman–Crippen LogP) is 2.06. The molecule has 1 saturated heterocycles. The van der Waals surface area contributed by atoms with Crippen LogP contribution in [0.4, 0.5) is 11.6 Å². The summed E-state index contributed by atoms with van der Waals surface area (Å²) in [5.74, 6) is 0.822. The Balaban J connectivity index is 1.51. The lowest BCUT2D eigenvalue weighted by molar-refractivity contribution is -0.0507. The first-order valence-electron chi connectivity index (χ1n) is 9.43. The highest BCUT2D eigenvalue weighted by Crippen LogP contribution is 2.48. The highest BCUT2D eigenvalue weighted by Gasteiger charge is 2.49. The fraction of sp³-hybridized carbons (Fsp3) is 0.286. The highest BCUT2D eigenvalue weighted by atomic mass is 32.2. The minimum Gasteiger partial charge on any atom is -0.611 e. The van der Waals surface area contributed by atoms with Crippen molar-refractivity contribution in [3.8, 4) is 11.3 Å². The third-order valence-corrected chi connectivity index (χ3v) is 6.76. The summed E-state index contributed by atoms with van der Waals surface area (Å²) >= 11 is -1.24. The van der Waals surface area contributed by atoms with Gasteiger partial charge in [0.2, 0.25) is 5.95 Å². The fourth-order valence-electron chi connectivity index (χ4n) is 3.90. The Labute approximate surface area is 171 Å². The van der Waals surface area contributed by atoms with Crippen LogP contribution < -0.4 is 4.90 Å². The topological polar surface area (TPSA) is 94.4 Å². The van der Waals surface area contributed by atoms with E-state index in [1.807, 2.05) is 36.4 Å². The van der Waals surface area contributed by atoms with E-state index in [1.165, 1.54) is 5.56 Å². The first-order chi connectivity index (χ1) is 14.2. The van der Waals surface area contributed by atoms with E-state index in [0.717, 1.165) is 23.5 Å². The summed E-state index contributed by atoms with van der Waals surface area (Å²) < 4.78 is 17.9. The first kappa shape index (κ1) is 18.5. The Morgan fingerprint density at radius 3 is 2.62 bits per heavy atom. The summed E-state index contributed by atoms with van der Waals surface area (Å²) in [5.41, 5.74) is 3.74. The molecule has 1 spiro atoms. The lowest BCUT2D eigenvalue weighted by atomic mass is 9.81. The van der Waals surface area contributed by atoms with Crippen LogP contribution in [0.15, 0.2) is 59.9 Å². The quantitative estimate of drug-likeness (QED) is 0.646. The van der Waals surface area contributed by atoms with Crippen molar-refractivity contribution in [2.45, 2.75) is 10.3 Å². The summed E-state index contributed by atoms with van der Waals surface area (Å²) in [6.45, 7) is 1.92. The number of ether oxygens (including phenoxy) is 1. The molecule has 5 rings (SSSR count). The second-order valence-electron chi connectivity index (χ2n) is 7.30. The summed E-state index contributed by atoms with van der Waals surface area (Å²) in [6, 6.07) is 11.6. The summed E-state index contributed by atoms with van der Waals surface area (Å²) in [6.07, 6.45) is 5.30. The van der Waals surface area contributed by atoms with Crippen LogP contribution in [0.1, 0.15) is 5.56 Å². The third-order valence-electron chi connectivity index (χ3n) is 5.43. The van der Waals surface area contributed by atoms with Gasteiger partial charge in [-0.1, -0.05) is 12.1 Å². The monoisotopic (exact) mass is 408 g/mol. The molecule has 0 saturated carbocycles. The number of hydrogen-bond acceptors (Lipinski definition) is 7. The molecule has 0 radical (unpaired) electrons. The van der Waals surface area contributed by atoms with Crippen LogP contribution in [0, 0.1) is 0 Å². The molecule has 8 heteroatoms. The number of aromatic nitrogens is 3. The van der Waals surface area contributed by atoms with E-state index >= 15 is 0 Å². The van der Waals surface area contributed by atoms with E-state index in [-0.39, 0.29) is 17.8 Å². The zero-order chi connectivity index (χ0) is 19.8. The maximum absolute atomic E-state index is 12.4. The van der Waals surface area contributed by atoms with Crippen molar-refractivity contribution in [1.82, 2.24) is 15.0 Å². The zero-order valence-electron chi connectivity index (χ0n) is 15.7. The minimum atomic E-state index is -1.24. The van der Waals surface area contributed by atoms with Gasteiger partial charge in [0, 0.05) is 36.8 Å². The van der Waals surface area contributed by atoms with Crippen LogP contribution in [0.25, 0.3) is 11.3 Å². The average Bonchev–Trinajstić information content (AvgIpc) is 3.10. The molecule has 0 unspecified atom stereocenters. The first-order valence-corrected chi connectivity index (χ1v) is 10.7. The van der Waals surface area contributed by atoms with Crippen LogP contribution in [0.3, 0.4) is 0 Å². The largest absolute Gasteiger partial charge is 0.611 e. The van der Waals surface area contributed by atoms with E-state index in [4.69, 9.17) is 9.84 Å². The predicted molar refractivity (Wildman–Crippen MR) is 110 cm³/mol. The fourth-order valence-corrected chi connectivity index (χ4v) is 4.76. The molecule has 1 N–H and O–H groups in total. The molecule has 2 aliphatic rings. The van der Waals surface area contributed by atoms with Crippen LogP contribution in [-0.4, -0.2) is 56.7 Å². The molecule has 1 aromatic carbocycles. The Morgan fingerprint density at radius 1 is 1.14 bits per heavy atom. The van der Waals surface area contributed by atoms with E-state index in [9.17, 15) is 4.55 Å². The molecule has 1 atom stereocenters. The summed E-state index contributed by atoms with van der Waals surface area (Å²) in [5, 5.41) is 9.13. The molecule has 7 nitrogen and oxygen atoms in total. The van der Waals surface area contributed by atoms with Gasteiger partial charge in [-0.05, 0) is 34.9 Å². The average molecular weight is 408 g/mol. The van der Waals surface area contributed by atoms with Gasteiger partial charge < -0.3 is 19.3 Å². The maximum Gasteiger partial charge on any atom is 0.229 e. The van der Waals surface area contributed by atoms with Crippen molar-refractivity contribution in [2.75, 3.05) is 37.0 Å². The molecular weight excluding hydrogens is 388 g/mol. The number of pyridine rings is 1. The second-order valence-corrected chi connectivity index (χ2v) is 8.87. The van der Waals surface area contributed by atoms with Gasteiger partial charge >= 0.3 is 0 Å². The second kappa shape index (κ2) is 7.38. The van der Waals surface area contributed by atoms with Gasteiger partial charge in [0.15, 0.2) is 4.90 Å². The van der Waals surface area contributed by atoms with Crippen molar-refractivity contribution in [3.05, 3.63) is 60.6 Å². The molecule has 0 amide bonds.